The summed E-state index contributed by atoms with van der Waals surface area (Å²) < 4.78 is 4.99. The van der Waals surface area contributed by atoms with Gasteiger partial charge in [-0.05, 0) is 6.92 Å². The van der Waals surface area contributed by atoms with Crippen LogP contribution in [0.25, 0.3) is 0 Å². The van der Waals surface area contributed by atoms with Crippen LogP contribution in [0.1, 0.15) is 8.35 Å². The van der Waals surface area contributed by atoms with E-state index in [-0.39, 0.29) is 37.0 Å². The van der Waals surface area contributed by atoms with Gasteiger partial charge in [0.25, 0.3) is 0 Å². The summed E-state index contributed by atoms with van der Waals surface area (Å²) in [4.78, 5) is 10.2. The maximum absolute atomic E-state index is 10.2. The van der Waals surface area contributed by atoms with Gasteiger partial charge in [0.2, 0.25) is 0 Å². The van der Waals surface area contributed by atoms with Crippen molar-refractivity contribution in [1.82, 2.24) is 0 Å². The second-order valence-electron chi connectivity index (χ2n) is 0.939. The number of alkyl halides is 1. The van der Waals surface area contributed by atoms with Crippen LogP contribution in [-0.2, 0) is 9.53 Å². The number of carbonyl (C=O) groups excluding carboxylic acids is 1. The Morgan fingerprint density at radius 1 is 1.88 bits per heavy atom. The van der Waals surface area contributed by atoms with Crippen molar-refractivity contribution in [1.29, 1.82) is 0 Å². The summed E-state index contributed by atoms with van der Waals surface area (Å²) in [6.07, 6.45) is 0. The second kappa shape index (κ2) is 8.20. The Labute approximate surface area is 86.3 Å². The molecule has 8 heavy (non-hydrogen) atoms. The van der Waals surface area contributed by atoms with E-state index in [1.807, 2.05) is 22.6 Å². The third kappa shape index (κ3) is 7.20. The van der Waals surface area contributed by atoms with Crippen molar-refractivity contribution in [2.24, 2.45) is 0 Å². The third-order valence-corrected chi connectivity index (χ3v) is 1.04. The van der Waals surface area contributed by atoms with Gasteiger partial charge in [-0.1, -0.05) is 22.6 Å². The van der Waals surface area contributed by atoms with E-state index in [9.17, 15) is 4.79 Å². The summed E-state index contributed by atoms with van der Waals surface area (Å²) >= 11 is 1.96. The minimum atomic E-state index is -0.136. The molecule has 0 unspecified atom stereocenters. The molecule has 0 saturated carbocycles. The molecule has 0 aliphatic heterocycles. The molecule has 0 N–H and O–H groups in total. The molecule has 0 bridgehead atoms. The van der Waals surface area contributed by atoms with E-state index >= 15 is 0 Å². The molecular formula is C4H8INaO2. The fraction of sp³-hybridized carbons (Fsp3) is 0.750. The topological polar surface area (TPSA) is 26.3 Å². The molecule has 0 aromatic rings. The standard InChI is InChI=1S/C4H7IO2.Na.H/c1-2-7-4(6)3-5;;/h2-3H2,1H3;;/q;+1;-1. The Bertz CT molecular complexity index is 71.6. The van der Waals surface area contributed by atoms with Gasteiger partial charge in [0.05, 0.1) is 11.0 Å². The van der Waals surface area contributed by atoms with E-state index in [0.29, 0.717) is 11.0 Å². The Kier molecular flexibility index (Phi) is 12.2. The number of rotatable bonds is 2. The minimum absolute atomic E-state index is 0. The average molecular weight is 238 g/mol. The smallest absolute Gasteiger partial charge is 1.00 e. The van der Waals surface area contributed by atoms with Gasteiger partial charge in [-0.2, -0.15) is 0 Å². The number of hydrogen-bond acceptors (Lipinski definition) is 2. The van der Waals surface area contributed by atoms with Gasteiger partial charge in [0.1, 0.15) is 0 Å². The molecule has 2 nitrogen and oxygen atoms in total. The van der Waals surface area contributed by atoms with E-state index in [2.05, 4.69) is 4.74 Å². The van der Waals surface area contributed by atoms with Gasteiger partial charge in [-0.15, -0.1) is 0 Å². The number of carbonyl (C=O) groups is 1. The predicted molar refractivity (Wildman–Crippen MR) is 36.6 cm³/mol. The normalized spacial score (nSPS) is 7.25. The molecule has 0 amide bonds. The molecule has 0 rings (SSSR count). The van der Waals surface area contributed by atoms with Crippen LogP contribution in [-0.4, -0.2) is 17.0 Å². The van der Waals surface area contributed by atoms with Gasteiger partial charge in [-0.3, -0.25) is 4.79 Å². The van der Waals surface area contributed by atoms with Crippen molar-refractivity contribution in [3.63, 3.8) is 0 Å². The average Bonchev–Trinajstić information content (AvgIpc) is 1.68. The Balaban J connectivity index is -0.000000180. The molecule has 0 aromatic heterocycles. The van der Waals surface area contributed by atoms with Crippen molar-refractivity contribution in [2.75, 3.05) is 11.0 Å². The van der Waals surface area contributed by atoms with E-state index in [4.69, 9.17) is 0 Å². The van der Waals surface area contributed by atoms with Crippen LogP contribution in [0.4, 0.5) is 0 Å². The summed E-state index contributed by atoms with van der Waals surface area (Å²) in [5.41, 5.74) is 0. The maximum Gasteiger partial charge on any atom is 1.00 e. The zero-order valence-corrected chi connectivity index (χ0v) is 9.27. The Morgan fingerprint density at radius 3 is 2.50 bits per heavy atom. The number of esters is 1. The van der Waals surface area contributed by atoms with Crippen LogP contribution >= 0.6 is 22.6 Å². The predicted octanol–water partition coefficient (Wildman–Crippen LogP) is -1.90. The Morgan fingerprint density at radius 2 is 2.38 bits per heavy atom. The summed E-state index contributed by atoms with van der Waals surface area (Å²) in [6, 6.07) is 0. The molecule has 44 valence electrons. The Hall–Kier alpha value is 1.20. The first-order chi connectivity index (χ1) is 3.31. The van der Waals surface area contributed by atoms with Crippen molar-refractivity contribution in [3.05, 3.63) is 0 Å². The molecule has 4 heteroatoms. The van der Waals surface area contributed by atoms with E-state index in [1.54, 1.807) is 6.92 Å². The third-order valence-electron chi connectivity index (χ3n) is 0.414. The fourth-order valence-electron chi connectivity index (χ4n) is 0.200. The van der Waals surface area contributed by atoms with Gasteiger partial charge in [0.15, 0.2) is 0 Å². The van der Waals surface area contributed by atoms with E-state index in [1.165, 1.54) is 0 Å². The quantitative estimate of drug-likeness (QED) is 0.243. The number of halogens is 1. The molecule has 0 saturated heterocycles. The molecule has 0 aliphatic carbocycles. The molecule has 0 aromatic carbocycles. The minimum Gasteiger partial charge on any atom is -1.00 e. The molecular weight excluding hydrogens is 230 g/mol. The molecule has 0 atom stereocenters. The van der Waals surface area contributed by atoms with Crippen molar-refractivity contribution < 1.29 is 40.5 Å². The van der Waals surface area contributed by atoms with Crippen LogP contribution < -0.4 is 29.6 Å². The first kappa shape index (κ1) is 11.9. The molecule has 0 fully saturated rings. The second-order valence-corrected chi connectivity index (χ2v) is 1.70. The van der Waals surface area contributed by atoms with Crippen molar-refractivity contribution in [2.45, 2.75) is 6.92 Å². The monoisotopic (exact) mass is 238 g/mol. The summed E-state index contributed by atoms with van der Waals surface area (Å²) in [6.45, 7) is 2.28. The van der Waals surface area contributed by atoms with E-state index < -0.39 is 0 Å². The molecule has 0 aliphatic rings. The van der Waals surface area contributed by atoms with Crippen molar-refractivity contribution in [3.8, 4) is 0 Å². The van der Waals surface area contributed by atoms with Gasteiger partial charge in [-0.25, -0.2) is 0 Å². The van der Waals surface area contributed by atoms with E-state index in [0.717, 1.165) is 0 Å². The molecule has 0 heterocycles. The first-order valence-corrected chi connectivity index (χ1v) is 3.55. The fourth-order valence-corrected chi connectivity index (χ4v) is 0.420. The van der Waals surface area contributed by atoms with Crippen LogP contribution in [0.5, 0.6) is 0 Å². The number of ether oxygens (including phenoxy) is 1. The van der Waals surface area contributed by atoms with Gasteiger partial charge < -0.3 is 6.16 Å². The summed E-state index contributed by atoms with van der Waals surface area (Å²) in [7, 11) is 0. The van der Waals surface area contributed by atoms with Crippen LogP contribution in [0.15, 0.2) is 0 Å². The maximum atomic E-state index is 10.2. The van der Waals surface area contributed by atoms with Crippen molar-refractivity contribution >= 4 is 28.6 Å². The first-order valence-electron chi connectivity index (χ1n) is 2.02. The number of hydrogen-bond donors (Lipinski definition) is 0. The van der Waals surface area contributed by atoms with Crippen LogP contribution in [0.2, 0.25) is 0 Å². The van der Waals surface area contributed by atoms with Crippen LogP contribution in [0.3, 0.4) is 0 Å². The zero-order valence-electron chi connectivity index (χ0n) is 6.11. The summed E-state index contributed by atoms with van der Waals surface area (Å²) in [5, 5.41) is 0. The van der Waals surface area contributed by atoms with Gasteiger partial charge >= 0.3 is 35.5 Å². The molecule has 0 spiro atoms. The SMILES string of the molecule is CCOC(=O)CI.[H-].[Na+]. The largest absolute Gasteiger partial charge is 1.00 e. The zero-order chi connectivity index (χ0) is 5.70. The van der Waals surface area contributed by atoms with Gasteiger partial charge in [0, 0.05) is 0 Å². The van der Waals surface area contributed by atoms with Crippen LogP contribution in [0, 0.1) is 0 Å². The summed E-state index contributed by atoms with van der Waals surface area (Å²) in [5.74, 6) is -0.136. The molecule has 0 radical (unpaired) electrons.